The van der Waals surface area contributed by atoms with E-state index in [1.54, 1.807) is 4.90 Å². The summed E-state index contributed by atoms with van der Waals surface area (Å²) in [6, 6.07) is 12.1. The molecule has 2 heterocycles. The lowest BCUT2D eigenvalue weighted by Crippen LogP contribution is -2.57. The molecule has 3 aliphatic rings. The molecule has 0 spiro atoms. The van der Waals surface area contributed by atoms with Gasteiger partial charge in [0.25, 0.3) is 5.91 Å². The summed E-state index contributed by atoms with van der Waals surface area (Å²) in [6.45, 7) is 4.92. The molecule has 0 bridgehead atoms. The number of carbonyl (C=O) groups excluding carboxylic acids is 1. The van der Waals surface area contributed by atoms with Gasteiger partial charge in [0, 0.05) is 12.7 Å². The van der Waals surface area contributed by atoms with Crippen LogP contribution in [0.4, 0.5) is 0 Å². The fourth-order valence-corrected chi connectivity index (χ4v) is 6.32. The molecule has 1 saturated carbocycles. The summed E-state index contributed by atoms with van der Waals surface area (Å²) in [5.74, 6) is -2.35. The number of carboxylic acid groups (broad SMARTS) is 1. The Bertz CT molecular complexity index is 1480. The number of hydrogen-bond acceptors (Lipinski definition) is 5. The molecular formula is C30H31N3O5. The minimum absolute atomic E-state index is 0.182. The lowest BCUT2D eigenvalue weighted by molar-refractivity contribution is 0.0604. The Labute approximate surface area is 220 Å². The van der Waals surface area contributed by atoms with Crippen molar-refractivity contribution in [1.82, 2.24) is 9.58 Å². The van der Waals surface area contributed by atoms with E-state index in [1.165, 1.54) is 33.1 Å². The van der Waals surface area contributed by atoms with Crippen molar-refractivity contribution >= 4 is 11.9 Å². The molecule has 2 N–H and O–H groups in total. The Morgan fingerprint density at radius 3 is 2.11 bits per heavy atom. The zero-order valence-electron chi connectivity index (χ0n) is 21.6. The van der Waals surface area contributed by atoms with Gasteiger partial charge in [0.05, 0.1) is 6.04 Å². The average molecular weight is 514 g/mol. The van der Waals surface area contributed by atoms with Crippen LogP contribution in [0, 0.1) is 19.8 Å². The Morgan fingerprint density at radius 2 is 1.58 bits per heavy atom. The predicted molar refractivity (Wildman–Crippen MR) is 142 cm³/mol. The summed E-state index contributed by atoms with van der Waals surface area (Å²) < 4.78 is 1.42. The van der Waals surface area contributed by atoms with Gasteiger partial charge in [0.15, 0.2) is 11.4 Å². The maximum atomic E-state index is 13.7. The molecule has 2 aliphatic carbocycles. The molecule has 38 heavy (non-hydrogen) atoms. The second-order valence-corrected chi connectivity index (χ2v) is 10.8. The van der Waals surface area contributed by atoms with Crippen molar-refractivity contribution in [2.75, 3.05) is 18.2 Å². The molecule has 1 fully saturated rings. The molecule has 3 aromatic rings. The molecule has 0 unspecified atom stereocenters. The lowest BCUT2D eigenvalue weighted by Gasteiger charge is -2.46. The summed E-state index contributed by atoms with van der Waals surface area (Å²) in [6.07, 6.45) is 6.12. The van der Waals surface area contributed by atoms with Crippen LogP contribution in [0.3, 0.4) is 0 Å². The number of aromatic nitrogens is 1. The van der Waals surface area contributed by atoms with Crippen LogP contribution < -0.4 is 10.4 Å². The maximum absolute atomic E-state index is 13.7. The summed E-state index contributed by atoms with van der Waals surface area (Å²) in [5.41, 5.74) is 5.15. The van der Waals surface area contributed by atoms with Crippen LogP contribution in [0.1, 0.15) is 79.5 Å². The van der Waals surface area contributed by atoms with Gasteiger partial charge in [0.2, 0.25) is 5.43 Å². The van der Waals surface area contributed by atoms with Gasteiger partial charge >= 0.3 is 5.97 Å². The summed E-state index contributed by atoms with van der Waals surface area (Å²) in [7, 11) is 0. The van der Waals surface area contributed by atoms with Crippen molar-refractivity contribution in [1.29, 1.82) is 0 Å². The highest BCUT2D eigenvalue weighted by Gasteiger charge is 2.40. The van der Waals surface area contributed by atoms with Crippen molar-refractivity contribution < 1.29 is 19.8 Å². The van der Waals surface area contributed by atoms with E-state index in [1.807, 2.05) is 17.1 Å². The predicted octanol–water partition coefficient (Wildman–Crippen LogP) is 3.91. The average Bonchev–Trinajstić information content (AvgIpc) is 3.03. The van der Waals surface area contributed by atoms with Crippen molar-refractivity contribution in [3.05, 3.63) is 97.5 Å². The molecule has 0 atom stereocenters. The van der Waals surface area contributed by atoms with E-state index < -0.39 is 28.6 Å². The first-order valence-electron chi connectivity index (χ1n) is 13.2. The summed E-state index contributed by atoms with van der Waals surface area (Å²) >= 11 is 0. The van der Waals surface area contributed by atoms with E-state index in [9.17, 15) is 24.6 Å². The molecular weight excluding hydrogens is 482 g/mol. The molecule has 1 aliphatic heterocycles. The zero-order chi connectivity index (χ0) is 26.7. The van der Waals surface area contributed by atoms with Gasteiger partial charge in [-0.3, -0.25) is 19.3 Å². The normalized spacial score (nSPS) is 17.4. The van der Waals surface area contributed by atoms with Gasteiger partial charge in [-0.1, -0.05) is 42.8 Å². The van der Waals surface area contributed by atoms with E-state index >= 15 is 0 Å². The Morgan fingerprint density at radius 1 is 0.974 bits per heavy atom. The topological polar surface area (TPSA) is 103 Å². The Kier molecular flexibility index (Phi) is 5.78. The zero-order valence-corrected chi connectivity index (χ0v) is 21.6. The van der Waals surface area contributed by atoms with E-state index in [2.05, 4.69) is 38.1 Å². The third-order valence-electron chi connectivity index (χ3n) is 8.59. The largest absolute Gasteiger partial charge is 0.502 e. The van der Waals surface area contributed by atoms with Crippen LogP contribution in [0.5, 0.6) is 5.75 Å². The number of rotatable bonds is 4. The summed E-state index contributed by atoms with van der Waals surface area (Å²) in [5, 5.41) is 22.7. The van der Waals surface area contributed by atoms with Crippen LogP contribution in [0.25, 0.3) is 0 Å². The number of amides is 1. The Hall–Kier alpha value is -4.07. The number of hydrogen-bond donors (Lipinski definition) is 2. The highest BCUT2D eigenvalue weighted by Crippen LogP contribution is 2.40. The molecule has 1 amide bonds. The first kappa shape index (κ1) is 24.3. The molecule has 2 aromatic carbocycles. The molecule has 1 aromatic heterocycles. The fraction of sp³-hybridized carbons (Fsp3) is 0.367. The highest BCUT2D eigenvalue weighted by atomic mass is 16.4. The smallest absolute Gasteiger partial charge is 0.341 e. The maximum Gasteiger partial charge on any atom is 0.341 e. The number of aryl methyl sites for hydroxylation is 2. The van der Waals surface area contributed by atoms with E-state index in [4.69, 9.17) is 0 Å². The minimum atomic E-state index is -1.45. The Balaban J connectivity index is 1.63. The van der Waals surface area contributed by atoms with Gasteiger partial charge in [-0.2, -0.15) is 0 Å². The third-order valence-corrected chi connectivity index (χ3v) is 8.59. The van der Waals surface area contributed by atoms with Crippen LogP contribution in [0.15, 0.2) is 47.4 Å². The minimum Gasteiger partial charge on any atom is -0.502 e. The number of aromatic hydroxyl groups is 1. The van der Waals surface area contributed by atoms with Gasteiger partial charge in [-0.15, -0.1) is 0 Å². The number of nitrogens with zero attached hydrogens (tertiary/aromatic N) is 3. The quantitative estimate of drug-likeness (QED) is 0.549. The first-order valence-corrected chi connectivity index (χ1v) is 13.2. The first-order chi connectivity index (χ1) is 18.3. The van der Waals surface area contributed by atoms with E-state index in [0.29, 0.717) is 12.5 Å². The second kappa shape index (κ2) is 9.04. The number of carboxylic acids is 1. The van der Waals surface area contributed by atoms with Crippen LogP contribution >= 0.6 is 0 Å². The molecule has 8 nitrogen and oxygen atoms in total. The lowest BCUT2D eigenvalue weighted by atomic mass is 9.85. The van der Waals surface area contributed by atoms with Crippen molar-refractivity contribution in [3.63, 3.8) is 0 Å². The fourth-order valence-electron chi connectivity index (χ4n) is 6.32. The van der Waals surface area contributed by atoms with Crippen LogP contribution in [0.2, 0.25) is 0 Å². The molecule has 0 radical (unpaired) electrons. The highest BCUT2D eigenvalue weighted by molar-refractivity contribution is 5.98. The van der Waals surface area contributed by atoms with Crippen molar-refractivity contribution in [2.24, 2.45) is 5.92 Å². The van der Waals surface area contributed by atoms with Gasteiger partial charge in [-0.05, 0) is 78.8 Å². The van der Waals surface area contributed by atoms with Crippen molar-refractivity contribution in [3.8, 4) is 5.75 Å². The second-order valence-electron chi connectivity index (χ2n) is 10.8. The summed E-state index contributed by atoms with van der Waals surface area (Å²) in [4.78, 5) is 40.2. The van der Waals surface area contributed by atoms with Crippen molar-refractivity contribution in [2.45, 2.75) is 52.0 Å². The number of pyridine rings is 1. The molecule has 196 valence electrons. The molecule has 0 saturated heterocycles. The van der Waals surface area contributed by atoms with Gasteiger partial charge < -0.3 is 15.1 Å². The van der Waals surface area contributed by atoms with Crippen LogP contribution in [-0.4, -0.2) is 44.9 Å². The van der Waals surface area contributed by atoms with E-state index in [-0.39, 0.29) is 18.4 Å². The standard InChI is InChI=1S/C30H31N3O5/c1-17-6-3-10-22-20(17)12-13-21-18(2)7-4-11-23(21)25(22)33-16-31(14-19-8-5-9-19)29(36)26-28(35)27(34)24(30(37)38)15-32(26)33/h3-4,6-7,10-11,15,19,25,35H,5,8-9,12-14,16H2,1-2H3,(H,37,38). The monoisotopic (exact) mass is 513 g/mol. The number of carbonyl (C=O) groups is 2. The van der Waals surface area contributed by atoms with Gasteiger partial charge in [0.1, 0.15) is 12.2 Å². The third kappa shape index (κ3) is 3.69. The SMILES string of the molecule is Cc1cccc2c1CCc1c(C)cccc1C2N1CN(CC2CCC2)C(=O)c2c(O)c(=O)c(C(=O)O)cn21. The van der Waals surface area contributed by atoms with E-state index in [0.717, 1.165) is 43.2 Å². The number of fused-ring (bicyclic) bond motifs is 3. The van der Waals surface area contributed by atoms with Gasteiger partial charge in [-0.25, -0.2) is 4.79 Å². The molecule has 6 rings (SSSR count). The number of benzene rings is 2. The number of aromatic carboxylic acids is 1. The molecule has 8 heteroatoms. The van der Waals surface area contributed by atoms with Crippen LogP contribution in [-0.2, 0) is 12.8 Å².